The second-order valence-corrected chi connectivity index (χ2v) is 6.77. The van der Waals surface area contributed by atoms with Crippen LogP contribution in [0.2, 0.25) is 0 Å². The Bertz CT molecular complexity index is 471. The van der Waals surface area contributed by atoms with E-state index in [1.165, 1.54) is 44.5 Å². The van der Waals surface area contributed by atoms with Crippen LogP contribution < -0.4 is 5.32 Å². The highest BCUT2D eigenvalue weighted by Crippen LogP contribution is 2.26. The van der Waals surface area contributed by atoms with Crippen molar-refractivity contribution in [3.63, 3.8) is 0 Å². The van der Waals surface area contributed by atoms with E-state index >= 15 is 0 Å². The predicted molar refractivity (Wildman–Crippen MR) is 85.3 cm³/mol. The van der Waals surface area contributed by atoms with Crippen LogP contribution in [0.15, 0.2) is 10.5 Å². The molecule has 21 heavy (non-hydrogen) atoms. The van der Waals surface area contributed by atoms with Crippen molar-refractivity contribution in [1.29, 1.82) is 0 Å². The highest BCUT2D eigenvalue weighted by Gasteiger charge is 2.33. The molecule has 118 valence electrons. The molecule has 2 aliphatic rings. The summed E-state index contributed by atoms with van der Waals surface area (Å²) < 4.78 is 6.02. The molecule has 1 aromatic rings. The zero-order valence-corrected chi connectivity index (χ0v) is 13.7. The van der Waals surface area contributed by atoms with Gasteiger partial charge in [0.25, 0.3) is 0 Å². The number of rotatable bonds is 4. The molecule has 3 heterocycles. The zero-order chi connectivity index (χ0) is 14.8. The Labute approximate surface area is 128 Å². The minimum atomic E-state index is 0.623. The van der Waals surface area contributed by atoms with E-state index in [1.807, 2.05) is 7.05 Å². The summed E-state index contributed by atoms with van der Waals surface area (Å²) in [7, 11) is 1.96. The van der Waals surface area contributed by atoms with Crippen LogP contribution >= 0.6 is 0 Å². The van der Waals surface area contributed by atoms with Gasteiger partial charge < -0.3 is 9.73 Å². The smallest absolute Gasteiger partial charge is 0.120 e. The molecule has 0 aromatic carbocycles. The SMILES string of the molecule is CNCc1oc(CN2CC3CCCCN3CC2C)cc1C. The van der Waals surface area contributed by atoms with E-state index in [0.717, 1.165) is 30.7 Å². The molecular weight excluding hydrogens is 262 g/mol. The maximum Gasteiger partial charge on any atom is 0.120 e. The molecule has 2 fully saturated rings. The Morgan fingerprint density at radius 3 is 3.00 bits per heavy atom. The Kier molecular flexibility index (Phi) is 4.67. The lowest BCUT2D eigenvalue weighted by Crippen LogP contribution is -2.58. The molecule has 0 saturated carbocycles. The molecule has 2 aliphatic heterocycles. The quantitative estimate of drug-likeness (QED) is 0.923. The maximum absolute atomic E-state index is 6.02. The van der Waals surface area contributed by atoms with E-state index in [9.17, 15) is 0 Å². The van der Waals surface area contributed by atoms with Gasteiger partial charge in [0.05, 0.1) is 13.1 Å². The molecule has 1 N–H and O–H groups in total. The van der Waals surface area contributed by atoms with E-state index in [0.29, 0.717) is 6.04 Å². The normalized spacial score (nSPS) is 27.8. The average Bonchev–Trinajstić information content (AvgIpc) is 2.80. The van der Waals surface area contributed by atoms with Gasteiger partial charge in [-0.1, -0.05) is 6.42 Å². The van der Waals surface area contributed by atoms with E-state index in [-0.39, 0.29) is 0 Å². The Morgan fingerprint density at radius 2 is 2.19 bits per heavy atom. The fourth-order valence-corrected chi connectivity index (χ4v) is 3.84. The molecule has 0 spiro atoms. The van der Waals surface area contributed by atoms with Crippen LogP contribution in [0.1, 0.15) is 43.3 Å². The van der Waals surface area contributed by atoms with E-state index in [1.54, 1.807) is 0 Å². The molecule has 2 atom stereocenters. The first-order valence-corrected chi connectivity index (χ1v) is 8.38. The van der Waals surface area contributed by atoms with E-state index in [2.05, 4.69) is 35.0 Å². The summed E-state index contributed by atoms with van der Waals surface area (Å²) in [5.41, 5.74) is 1.27. The van der Waals surface area contributed by atoms with Gasteiger partial charge in [-0.3, -0.25) is 9.80 Å². The second kappa shape index (κ2) is 6.51. The van der Waals surface area contributed by atoms with Crippen molar-refractivity contribution in [2.45, 2.75) is 58.3 Å². The first kappa shape index (κ1) is 15.1. The number of piperazine rings is 1. The van der Waals surface area contributed by atoms with Gasteiger partial charge in [0.1, 0.15) is 11.5 Å². The monoisotopic (exact) mass is 291 g/mol. The number of hydrogen-bond acceptors (Lipinski definition) is 4. The summed E-state index contributed by atoms with van der Waals surface area (Å²) in [4.78, 5) is 5.30. The predicted octanol–water partition coefficient (Wildman–Crippen LogP) is 2.37. The van der Waals surface area contributed by atoms with Gasteiger partial charge in [-0.25, -0.2) is 0 Å². The third-order valence-corrected chi connectivity index (χ3v) is 5.08. The number of furan rings is 1. The topological polar surface area (TPSA) is 31.7 Å². The summed E-state index contributed by atoms with van der Waals surface area (Å²) in [6, 6.07) is 3.60. The average molecular weight is 291 g/mol. The first-order valence-electron chi connectivity index (χ1n) is 8.38. The number of nitrogens with zero attached hydrogens (tertiary/aromatic N) is 2. The van der Waals surface area contributed by atoms with Crippen LogP contribution in [0.25, 0.3) is 0 Å². The molecule has 4 heteroatoms. The molecule has 1 aromatic heterocycles. The number of hydrogen-bond donors (Lipinski definition) is 1. The second-order valence-electron chi connectivity index (χ2n) is 6.77. The third kappa shape index (κ3) is 3.33. The number of nitrogens with one attached hydrogen (secondary N) is 1. The Hall–Kier alpha value is -0.840. The van der Waals surface area contributed by atoms with Gasteiger partial charge >= 0.3 is 0 Å². The third-order valence-electron chi connectivity index (χ3n) is 5.08. The maximum atomic E-state index is 6.02. The van der Waals surface area contributed by atoms with Gasteiger partial charge in [0, 0.05) is 25.2 Å². The van der Waals surface area contributed by atoms with Crippen molar-refractivity contribution in [2.24, 2.45) is 0 Å². The molecule has 3 rings (SSSR count). The minimum Gasteiger partial charge on any atom is -0.463 e. The highest BCUT2D eigenvalue weighted by atomic mass is 16.3. The van der Waals surface area contributed by atoms with Gasteiger partial charge in [0.2, 0.25) is 0 Å². The minimum absolute atomic E-state index is 0.623. The van der Waals surface area contributed by atoms with Crippen molar-refractivity contribution in [3.8, 4) is 0 Å². The van der Waals surface area contributed by atoms with Crippen LogP contribution in [-0.2, 0) is 13.1 Å². The lowest BCUT2D eigenvalue weighted by atomic mass is 9.97. The summed E-state index contributed by atoms with van der Waals surface area (Å²) in [5.74, 6) is 2.20. The molecular formula is C17H29N3O. The summed E-state index contributed by atoms with van der Waals surface area (Å²) in [6.07, 6.45) is 4.15. The van der Waals surface area contributed by atoms with Crippen LogP contribution in [0.3, 0.4) is 0 Å². The van der Waals surface area contributed by atoms with Crippen LogP contribution in [0.5, 0.6) is 0 Å². The fourth-order valence-electron chi connectivity index (χ4n) is 3.84. The van der Waals surface area contributed by atoms with Gasteiger partial charge in [0.15, 0.2) is 0 Å². The van der Waals surface area contributed by atoms with Crippen molar-refractivity contribution < 1.29 is 4.42 Å². The lowest BCUT2D eigenvalue weighted by Gasteiger charge is -2.47. The Morgan fingerprint density at radius 1 is 1.33 bits per heavy atom. The fraction of sp³-hybridized carbons (Fsp3) is 0.765. The first-order chi connectivity index (χ1) is 10.2. The van der Waals surface area contributed by atoms with Gasteiger partial charge in [-0.05, 0) is 51.9 Å². The standard InChI is InChI=1S/C17H29N3O/c1-13-8-16(21-17(13)9-18-3)12-20-11-15-6-4-5-7-19(15)10-14(20)2/h8,14-15,18H,4-7,9-12H2,1-3H3. The van der Waals surface area contributed by atoms with Crippen molar-refractivity contribution in [2.75, 3.05) is 26.7 Å². The molecule has 0 amide bonds. The summed E-state index contributed by atoms with van der Waals surface area (Å²) >= 11 is 0. The molecule has 0 bridgehead atoms. The number of piperidine rings is 1. The molecule has 4 nitrogen and oxygen atoms in total. The summed E-state index contributed by atoms with van der Waals surface area (Å²) in [6.45, 7) is 9.98. The highest BCUT2D eigenvalue weighted by molar-refractivity contribution is 5.20. The number of aryl methyl sites for hydroxylation is 1. The molecule has 2 unspecified atom stereocenters. The van der Waals surface area contributed by atoms with Gasteiger partial charge in [-0.2, -0.15) is 0 Å². The van der Waals surface area contributed by atoms with E-state index in [4.69, 9.17) is 4.42 Å². The van der Waals surface area contributed by atoms with Crippen LogP contribution in [-0.4, -0.2) is 48.6 Å². The summed E-state index contributed by atoms with van der Waals surface area (Å²) in [5, 5.41) is 3.17. The Balaban J connectivity index is 1.65. The zero-order valence-electron chi connectivity index (χ0n) is 13.7. The van der Waals surface area contributed by atoms with Crippen LogP contribution in [0, 0.1) is 6.92 Å². The number of fused-ring (bicyclic) bond motifs is 1. The molecule has 0 aliphatic carbocycles. The largest absolute Gasteiger partial charge is 0.463 e. The van der Waals surface area contributed by atoms with Gasteiger partial charge in [-0.15, -0.1) is 0 Å². The molecule has 0 radical (unpaired) electrons. The van der Waals surface area contributed by atoms with E-state index < -0.39 is 0 Å². The van der Waals surface area contributed by atoms with Crippen molar-refractivity contribution >= 4 is 0 Å². The van der Waals surface area contributed by atoms with Crippen molar-refractivity contribution in [3.05, 3.63) is 23.2 Å². The van der Waals surface area contributed by atoms with Crippen LogP contribution in [0.4, 0.5) is 0 Å². The van der Waals surface area contributed by atoms with Crippen molar-refractivity contribution in [1.82, 2.24) is 15.1 Å². The molecule has 2 saturated heterocycles. The lowest BCUT2D eigenvalue weighted by molar-refractivity contribution is 0.00790.